The molecule has 1 aromatic carbocycles. The Hall–Kier alpha value is -3.89. The normalized spacial score (nSPS) is 15.6. The van der Waals surface area contributed by atoms with Crippen molar-refractivity contribution in [1.82, 2.24) is 30.4 Å². The van der Waals surface area contributed by atoms with E-state index >= 15 is 0 Å². The van der Waals surface area contributed by atoms with Crippen molar-refractivity contribution < 1.29 is 23.5 Å². The van der Waals surface area contributed by atoms with Gasteiger partial charge in [-0.25, -0.2) is 0 Å². The average molecular weight is 509 g/mol. The number of aromatic nitrogens is 4. The lowest BCUT2D eigenvalue weighted by atomic mass is 10.1. The third-order valence-electron chi connectivity index (χ3n) is 6.74. The van der Waals surface area contributed by atoms with Gasteiger partial charge >= 0.3 is 0 Å². The first-order valence-corrected chi connectivity index (χ1v) is 12.8. The summed E-state index contributed by atoms with van der Waals surface area (Å²) in [7, 11) is 0. The van der Waals surface area contributed by atoms with Crippen molar-refractivity contribution in [1.29, 1.82) is 0 Å². The van der Waals surface area contributed by atoms with Crippen LogP contribution in [0.4, 0.5) is 0 Å². The van der Waals surface area contributed by atoms with Crippen LogP contribution in [-0.2, 0) is 22.7 Å². The number of amides is 2. The maximum atomic E-state index is 13.7. The van der Waals surface area contributed by atoms with Crippen LogP contribution in [0.3, 0.4) is 0 Å². The van der Waals surface area contributed by atoms with Gasteiger partial charge < -0.3 is 24.1 Å². The van der Waals surface area contributed by atoms with Crippen molar-refractivity contribution in [3.63, 3.8) is 0 Å². The quantitative estimate of drug-likeness (QED) is 0.443. The minimum absolute atomic E-state index is 0.124. The van der Waals surface area contributed by atoms with Crippen molar-refractivity contribution in [2.45, 2.75) is 77.5 Å². The Labute approximate surface area is 215 Å². The van der Waals surface area contributed by atoms with Gasteiger partial charge in [-0.1, -0.05) is 32.3 Å². The number of aryl methyl sites for hydroxylation is 1. The predicted molar refractivity (Wildman–Crippen MR) is 132 cm³/mol. The number of furan rings is 1. The zero-order chi connectivity index (χ0) is 25.8. The molecule has 196 valence electrons. The molecule has 37 heavy (non-hydrogen) atoms. The number of rotatable bonds is 10. The van der Waals surface area contributed by atoms with E-state index < -0.39 is 6.04 Å². The number of hydrogen-bond donors (Lipinski definition) is 1. The molecule has 3 heterocycles. The molecule has 2 amide bonds. The molecule has 1 aliphatic carbocycles. The first-order valence-electron chi connectivity index (χ1n) is 12.8. The number of nitrogens with one attached hydrogen (secondary N) is 1. The van der Waals surface area contributed by atoms with Gasteiger partial charge in [-0.05, 0) is 61.2 Å². The second-order valence-corrected chi connectivity index (χ2v) is 9.56. The van der Waals surface area contributed by atoms with Crippen molar-refractivity contribution in [2.75, 3.05) is 6.79 Å². The third-order valence-corrected chi connectivity index (χ3v) is 6.74. The number of nitrogens with zero attached hydrogens (tertiary/aromatic N) is 5. The van der Waals surface area contributed by atoms with Crippen molar-refractivity contribution in [2.24, 2.45) is 0 Å². The highest BCUT2D eigenvalue weighted by Crippen LogP contribution is 2.33. The molecule has 0 bridgehead atoms. The molecule has 0 radical (unpaired) electrons. The molecule has 2 aliphatic rings. The second kappa shape index (κ2) is 11.0. The average Bonchev–Trinajstić information content (AvgIpc) is 3.69. The van der Waals surface area contributed by atoms with Gasteiger partial charge in [0.25, 0.3) is 0 Å². The van der Waals surface area contributed by atoms with E-state index in [1.54, 1.807) is 11.0 Å². The van der Waals surface area contributed by atoms with Crippen molar-refractivity contribution in [3.8, 4) is 23.1 Å². The van der Waals surface area contributed by atoms with Crippen molar-refractivity contribution >= 4 is 11.8 Å². The lowest BCUT2D eigenvalue weighted by Gasteiger charge is -2.32. The second-order valence-electron chi connectivity index (χ2n) is 9.56. The summed E-state index contributed by atoms with van der Waals surface area (Å²) in [6, 6.07) is 8.67. The maximum Gasteiger partial charge on any atom is 0.247 e. The summed E-state index contributed by atoms with van der Waals surface area (Å²) in [5.41, 5.74) is 0.839. The maximum absolute atomic E-state index is 13.7. The first kappa shape index (κ1) is 24.8. The number of hydrogen-bond acceptors (Lipinski definition) is 8. The van der Waals surface area contributed by atoms with E-state index in [9.17, 15) is 9.59 Å². The summed E-state index contributed by atoms with van der Waals surface area (Å²) >= 11 is 0. The number of benzene rings is 1. The van der Waals surface area contributed by atoms with E-state index in [-0.39, 0.29) is 37.7 Å². The van der Waals surface area contributed by atoms with Gasteiger partial charge in [0.2, 0.25) is 24.4 Å². The van der Waals surface area contributed by atoms with E-state index in [1.807, 2.05) is 38.1 Å². The molecule has 1 saturated carbocycles. The molecular formula is C26H32N6O5. The molecule has 0 unspecified atom stereocenters. The molecule has 1 atom stereocenters. The molecule has 11 nitrogen and oxygen atoms in total. The smallest absolute Gasteiger partial charge is 0.247 e. The number of carbonyl (C=O) groups excluding carboxylic acids is 2. The van der Waals surface area contributed by atoms with Crippen LogP contribution in [0, 0.1) is 6.92 Å². The summed E-state index contributed by atoms with van der Waals surface area (Å²) in [6.45, 7) is 4.08. The van der Waals surface area contributed by atoms with E-state index in [0.717, 1.165) is 43.4 Å². The Morgan fingerprint density at radius 2 is 1.97 bits per heavy atom. The number of ether oxygens (including phenoxy) is 2. The van der Waals surface area contributed by atoms with Gasteiger partial charge in [-0.2, -0.15) is 4.80 Å². The van der Waals surface area contributed by atoms with Gasteiger partial charge in [0, 0.05) is 12.6 Å². The SMILES string of the molecule is CCC[C@@H](C(=O)NC1CCCC1)N(Cc1ccc2c(c1)OCO2)C(=O)Cn1nnc(-c2ccc(C)o2)n1. The molecule has 5 rings (SSSR count). The van der Waals surface area contributed by atoms with Crippen LogP contribution < -0.4 is 14.8 Å². The van der Waals surface area contributed by atoms with Gasteiger partial charge in [-0.15, -0.1) is 10.2 Å². The Morgan fingerprint density at radius 3 is 2.73 bits per heavy atom. The van der Waals surface area contributed by atoms with E-state index in [1.165, 1.54) is 4.80 Å². The van der Waals surface area contributed by atoms with Crippen LogP contribution >= 0.6 is 0 Å². The standard InChI is InChI=1S/C26H32N6O5/c1-3-6-20(26(34)27-19-7-4-5-8-19)31(14-18-10-12-21-23(13-18)36-16-35-21)24(33)15-32-29-25(28-30-32)22-11-9-17(2)37-22/h9-13,19-20H,3-8,14-16H2,1-2H3,(H,27,34)/t20-/m0/s1. The lowest BCUT2D eigenvalue weighted by molar-refractivity contribution is -0.142. The fourth-order valence-corrected chi connectivity index (χ4v) is 4.85. The summed E-state index contributed by atoms with van der Waals surface area (Å²) < 4.78 is 16.5. The highest BCUT2D eigenvalue weighted by molar-refractivity contribution is 5.87. The van der Waals surface area contributed by atoms with Crippen LogP contribution in [-0.4, -0.2) is 55.8 Å². The van der Waals surface area contributed by atoms with Crippen LogP contribution in [0.1, 0.15) is 56.8 Å². The lowest BCUT2D eigenvalue weighted by Crippen LogP contribution is -2.52. The van der Waals surface area contributed by atoms with Crippen LogP contribution in [0.5, 0.6) is 11.5 Å². The largest absolute Gasteiger partial charge is 0.458 e. The fourth-order valence-electron chi connectivity index (χ4n) is 4.85. The van der Waals surface area contributed by atoms with Crippen molar-refractivity contribution in [3.05, 3.63) is 41.7 Å². The molecular weight excluding hydrogens is 476 g/mol. The summed E-state index contributed by atoms with van der Waals surface area (Å²) in [5, 5.41) is 15.6. The highest BCUT2D eigenvalue weighted by Gasteiger charge is 2.32. The monoisotopic (exact) mass is 508 g/mol. The molecule has 2 aromatic heterocycles. The Kier molecular flexibility index (Phi) is 7.38. The minimum Gasteiger partial charge on any atom is -0.458 e. The van der Waals surface area contributed by atoms with E-state index in [4.69, 9.17) is 13.9 Å². The molecule has 0 saturated heterocycles. The predicted octanol–water partition coefficient (Wildman–Crippen LogP) is 3.23. The zero-order valence-electron chi connectivity index (χ0n) is 21.2. The molecule has 1 aliphatic heterocycles. The molecule has 0 spiro atoms. The van der Waals surface area contributed by atoms with Crippen LogP contribution in [0.2, 0.25) is 0 Å². The molecule has 11 heteroatoms. The molecule has 1 fully saturated rings. The van der Waals surface area contributed by atoms with Crippen LogP contribution in [0.25, 0.3) is 11.6 Å². The Balaban J connectivity index is 1.38. The first-order chi connectivity index (χ1) is 18.0. The number of fused-ring (bicyclic) bond motifs is 1. The van der Waals surface area contributed by atoms with Gasteiger partial charge in [0.1, 0.15) is 18.3 Å². The Morgan fingerprint density at radius 1 is 1.16 bits per heavy atom. The zero-order valence-corrected chi connectivity index (χ0v) is 21.2. The van der Waals surface area contributed by atoms with Gasteiger partial charge in [0.15, 0.2) is 17.3 Å². The van der Waals surface area contributed by atoms with Gasteiger partial charge in [-0.3, -0.25) is 9.59 Å². The highest BCUT2D eigenvalue weighted by atomic mass is 16.7. The van der Waals surface area contributed by atoms with Gasteiger partial charge in [0.05, 0.1) is 0 Å². The topological polar surface area (TPSA) is 125 Å². The third kappa shape index (κ3) is 5.76. The summed E-state index contributed by atoms with van der Waals surface area (Å²) in [5.74, 6) is 2.40. The summed E-state index contributed by atoms with van der Waals surface area (Å²) in [4.78, 5) is 30.0. The minimum atomic E-state index is -0.626. The van der Waals surface area contributed by atoms with E-state index in [2.05, 4.69) is 20.7 Å². The van der Waals surface area contributed by atoms with E-state index in [0.29, 0.717) is 29.5 Å². The molecule has 1 N–H and O–H groups in total. The number of tetrazole rings is 1. The Bertz CT molecular complexity index is 1250. The summed E-state index contributed by atoms with van der Waals surface area (Å²) in [6.07, 6.45) is 5.45. The van der Waals surface area contributed by atoms with Crippen LogP contribution in [0.15, 0.2) is 34.7 Å². The fraction of sp³-hybridized carbons (Fsp3) is 0.500. The molecule has 3 aromatic rings. The number of carbonyl (C=O) groups is 2.